The Morgan fingerprint density at radius 1 is 1.41 bits per heavy atom. The second kappa shape index (κ2) is 4.95. The molecule has 0 spiro atoms. The van der Waals surface area contributed by atoms with Gasteiger partial charge in [0.15, 0.2) is 0 Å². The molecule has 22 heavy (non-hydrogen) atoms. The molecule has 2 fully saturated rings. The Morgan fingerprint density at radius 3 is 3.00 bits per heavy atom. The van der Waals surface area contributed by atoms with Crippen LogP contribution in [0.3, 0.4) is 0 Å². The number of benzene rings is 1. The molecule has 0 radical (unpaired) electrons. The lowest BCUT2D eigenvalue weighted by atomic mass is 10.0. The number of nitrogens with one attached hydrogen (secondary N) is 1. The molecule has 1 saturated heterocycles. The van der Waals surface area contributed by atoms with Crippen LogP contribution < -0.4 is 0 Å². The van der Waals surface area contributed by atoms with Gasteiger partial charge in [0.05, 0.1) is 11.6 Å². The molecule has 1 aliphatic carbocycles. The fraction of sp³-hybridized carbons (Fsp3) is 0.412. The molecule has 5 heteroatoms. The van der Waals surface area contributed by atoms with Crippen molar-refractivity contribution < 1.29 is 9.90 Å². The topological polar surface area (TPSA) is 69.2 Å². The van der Waals surface area contributed by atoms with Crippen LogP contribution in [0.4, 0.5) is 0 Å². The highest BCUT2D eigenvalue weighted by molar-refractivity contribution is 5.95. The van der Waals surface area contributed by atoms with Gasteiger partial charge in [0.25, 0.3) is 5.91 Å². The first kappa shape index (κ1) is 13.5. The van der Waals surface area contributed by atoms with E-state index in [2.05, 4.69) is 9.97 Å². The van der Waals surface area contributed by atoms with Crippen molar-refractivity contribution in [3.63, 3.8) is 0 Å². The maximum absolute atomic E-state index is 12.8. The molecule has 1 saturated carbocycles. The molecule has 1 aromatic heterocycles. The molecule has 2 N–H and O–H groups in total. The number of likely N-dealkylation sites (tertiary alicyclic amines) is 1. The maximum atomic E-state index is 12.8. The Bertz CT molecular complexity index is 692. The van der Waals surface area contributed by atoms with Crippen LogP contribution in [-0.2, 0) is 0 Å². The van der Waals surface area contributed by atoms with E-state index in [0.29, 0.717) is 5.56 Å². The molecule has 2 aromatic rings. The van der Waals surface area contributed by atoms with Crippen LogP contribution in [0, 0.1) is 0 Å². The lowest BCUT2D eigenvalue weighted by Gasteiger charge is -2.29. The molecular formula is C17H19N3O2. The molecule has 0 bridgehead atoms. The van der Waals surface area contributed by atoms with E-state index in [0.717, 1.165) is 43.6 Å². The van der Waals surface area contributed by atoms with Crippen molar-refractivity contribution >= 4 is 5.91 Å². The second-order valence-corrected chi connectivity index (χ2v) is 6.28. The molecule has 1 aromatic carbocycles. The van der Waals surface area contributed by atoms with Gasteiger partial charge >= 0.3 is 0 Å². The van der Waals surface area contributed by atoms with Gasteiger partial charge in [0, 0.05) is 30.1 Å². The van der Waals surface area contributed by atoms with Crippen LogP contribution in [0.5, 0.6) is 0 Å². The van der Waals surface area contributed by atoms with E-state index < -0.39 is 5.60 Å². The van der Waals surface area contributed by atoms with E-state index in [1.165, 1.54) is 0 Å². The third-order valence-corrected chi connectivity index (χ3v) is 4.78. The molecule has 5 nitrogen and oxygen atoms in total. The second-order valence-electron chi connectivity index (χ2n) is 6.28. The number of rotatable bonds is 3. The summed E-state index contributed by atoms with van der Waals surface area (Å²) in [7, 11) is 0. The Morgan fingerprint density at radius 2 is 2.27 bits per heavy atom. The van der Waals surface area contributed by atoms with Crippen LogP contribution in [0.2, 0.25) is 0 Å². The fourth-order valence-electron chi connectivity index (χ4n) is 3.42. The third-order valence-electron chi connectivity index (χ3n) is 4.78. The largest absolute Gasteiger partial charge is 0.388 e. The van der Waals surface area contributed by atoms with Crippen molar-refractivity contribution in [3.8, 4) is 11.4 Å². The van der Waals surface area contributed by atoms with Crippen molar-refractivity contribution in [1.82, 2.24) is 14.9 Å². The number of nitrogens with zero attached hydrogens (tertiary/aromatic N) is 2. The SMILES string of the molecule is O=C(c1cccc(-c2ncc[nH]2)c1)N1CCCC1C1(O)CC1. The van der Waals surface area contributed by atoms with E-state index in [4.69, 9.17) is 0 Å². The van der Waals surface area contributed by atoms with Gasteiger partial charge in [-0.25, -0.2) is 4.98 Å². The van der Waals surface area contributed by atoms with E-state index >= 15 is 0 Å². The van der Waals surface area contributed by atoms with Crippen molar-refractivity contribution in [3.05, 3.63) is 42.2 Å². The van der Waals surface area contributed by atoms with Crippen molar-refractivity contribution in [2.45, 2.75) is 37.3 Å². The molecule has 1 atom stereocenters. The van der Waals surface area contributed by atoms with Gasteiger partial charge < -0.3 is 15.0 Å². The van der Waals surface area contributed by atoms with Gasteiger partial charge in [-0.15, -0.1) is 0 Å². The summed E-state index contributed by atoms with van der Waals surface area (Å²) in [6.45, 7) is 0.733. The van der Waals surface area contributed by atoms with Crippen LogP contribution in [0.1, 0.15) is 36.0 Å². The van der Waals surface area contributed by atoms with Gasteiger partial charge in [-0.05, 0) is 37.8 Å². The van der Waals surface area contributed by atoms with Crippen LogP contribution in [0.25, 0.3) is 11.4 Å². The molecular weight excluding hydrogens is 278 g/mol. The van der Waals surface area contributed by atoms with E-state index in [1.807, 2.05) is 29.2 Å². The highest BCUT2D eigenvalue weighted by atomic mass is 16.3. The molecule has 1 amide bonds. The van der Waals surface area contributed by atoms with Gasteiger partial charge in [-0.3, -0.25) is 4.79 Å². The lowest BCUT2D eigenvalue weighted by Crippen LogP contribution is -2.44. The minimum atomic E-state index is -0.634. The van der Waals surface area contributed by atoms with Crippen molar-refractivity contribution in [2.75, 3.05) is 6.54 Å². The van der Waals surface area contributed by atoms with Crippen LogP contribution in [-0.4, -0.2) is 44.1 Å². The number of aromatic nitrogens is 2. The quantitative estimate of drug-likeness (QED) is 0.912. The van der Waals surface area contributed by atoms with Gasteiger partial charge in [0.1, 0.15) is 5.82 Å². The normalized spacial score (nSPS) is 22.8. The first-order valence-corrected chi connectivity index (χ1v) is 7.80. The Kier molecular flexibility index (Phi) is 3.04. The zero-order chi connectivity index (χ0) is 15.2. The minimum absolute atomic E-state index is 0.0104. The smallest absolute Gasteiger partial charge is 0.254 e. The summed E-state index contributed by atoms with van der Waals surface area (Å²) < 4.78 is 0. The predicted octanol–water partition coefficient (Wildman–Crippen LogP) is 2.21. The third kappa shape index (κ3) is 2.22. The average molecular weight is 297 g/mol. The van der Waals surface area contributed by atoms with Crippen molar-refractivity contribution in [1.29, 1.82) is 0 Å². The highest BCUT2D eigenvalue weighted by Crippen LogP contribution is 2.44. The summed E-state index contributed by atoms with van der Waals surface area (Å²) in [6, 6.07) is 7.49. The van der Waals surface area contributed by atoms with E-state index in [9.17, 15) is 9.90 Å². The van der Waals surface area contributed by atoms with E-state index in [-0.39, 0.29) is 11.9 Å². The summed E-state index contributed by atoms with van der Waals surface area (Å²) in [6.07, 6.45) is 6.96. The zero-order valence-corrected chi connectivity index (χ0v) is 12.3. The number of imidazole rings is 1. The lowest BCUT2D eigenvalue weighted by molar-refractivity contribution is 0.0386. The first-order valence-electron chi connectivity index (χ1n) is 7.80. The number of hydrogen-bond acceptors (Lipinski definition) is 3. The first-order chi connectivity index (χ1) is 10.7. The van der Waals surface area contributed by atoms with Gasteiger partial charge in [-0.2, -0.15) is 0 Å². The summed E-state index contributed by atoms with van der Waals surface area (Å²) in [5.41, 5.74) is 0.923. The number of H-pyrrole nitrogens is 1. The Hall–Kier alpha value is -2.14. The maximum Gasteiger partial charge on any atom is 0.254 e. The zero-order valence-electron chi connectivity index (χ0n) is 12.3. The summed E-state index contributed by atoms with van der Waals surface area (Å²) in [5.74, 6) is 0.768. The molecule has 4 rings (SSSR count). The standard InChI is InChI=1S/C17H19N3O2/c21-16(20-10-2-5-14(20)17(22)6-7-17)13-4-1-3-12(11-13)15-18-8-9-19-15/h1,3-4,8-9,11,14,22H,2,5-7,10H2,(H,18,19). The molecule has 1 aliphatic heterocycles. The Labute approximate surface area is 129 Å². The van der Waals surface area contributed by atoms with Crippen LogP contribution >= 0.6 is 0 Å². The minimum Gasteiger partial charge on any atom is -0.388 e. The monoisotopic (exact) mass is 297 g/mol. The summed E-state index contributed by atoms with van der Waals surface area (Å²) in [5, 5.41) is 10.4. The number of carbonyl (C=O) groups is 1. The number of aromatic amines is 1. The van der Waals surface area contributed by atoms with Gasteiger partial charge in [-0.1, -0.05) is 12.1 Å². The summed E-state index contributed by atoms with van der Waals surface area (Å²) >= 11 is 0. The highest BCUT2D eigenvalue weighted by Gasteiger charge is 2.52. The summed E-state index contributed by atoms with van der Waals surface area (Å²) in [4.78, 5) is 22.0. The molecule has 2 heterocycles. The predicted molar refractivity (Wildman–Crippen MR) is 82.3 cm³/mol. The number of amides is 1. The van der Waals surface area contributed by atoms with E-state index in [1.54, 1.807) is 12.4 Å². The molecule has 1 unspecified atom stereocenters. The number of hydrogen-bond donors (Lipinski definition) is 2. The number of carbonyl (C=O) groups excluding carboxylic acids is 1. The Balaban J connectivity index is 1.61. The molecule has 2 aliphatic rings. The fourth-order valence-corrected chi connectivity index (χ4v) is 3.42. The molecule has 114 valence electrons. The average Bonchev–Trinajstić information content (AvgIpc) is 3.03. The van der Waals surface area contributed by atoms with Crippen LogP contribution in [0.15, 0.2) is 36.7 Å². The van der Waals surface area contributed by atoms with Crippen molar-refractivity contribution in [2.24, 2.45) is 0 Å². The van der Waals surface area contributed by atoms with Gasteiger partial charge in [0.2, 0.25) is 0 Å². The number of aliphatic hydroxyl groups is 1.